The van der Waals surface area contributed by atoms with Gasteiger partial charge in [-0.25, -0.2) is 0 Å². The van der Waals surface area contributed by atoms with Gasteiger partial charge in [0.1, 0.15) is 6.10 Å². The van der Waals surface area contributed by atoms with Crippen LogP contribution in [-0.2, 0) is 4.74 Å². The van der Waals surface area contributed by atoms with Crippen molar-refractivity contribution >= 4 is 0 Å². The molecule has 6 heteroatoms. The highest BCUT2D eigenvalue weighted by Gasteiger charge is 2.77. The van der Waals surface area contributed by atoms with E-state index in [4.69, 9.17) is 5.11 Å². The third-order valence-electron chi connectivity index (χ3n) is 1.85. The van der Waals surface area contributed by atoms with Crippen molar-refractivity contribution in [3.63, 3.8) is 0 Å². The Labute approximate surface area is 66.1 Å². The molecule has 1 heterocycles. The number of alkyl halides is 4. The molecule has 2 atom stereocenters. The molecule has 1 aliphatic rings. The molecule has 0 radical (unpaired) electrons. The van der Waals surface area contributed by atoms with Crippen LogP contribution in [0.4, 0.5) is 17.6 Å². The second-order valence-corrected chi connectivity index (χ2v) is 2.92. The van der Waals surface area contributed by atoms with E-state index in [9.17, 15) is 17.6 Å². The van der Waals surface area contributed by atoms with Crippen molar-refractivity contribution in [1.82, 2.24) is 0 Å². The van der Waals surface area contributed by atoms with E-state index in [0.29, 0.717) is 0 Å². The Morgan fingerprint density at radius 2 is 1.67 bits per heavy atom. The van der Waals surface area contributed by atoms with E-state index in [0.717, 1.165) is 6.92 Å². The van der Waals surface area contributed by atoms with Crippen LogP contribution in [0, 0.1) is 0 Å². The highest BCUT2D eigenvalue weighted by atomic mass is 19.3. The molecule has 0 aromatic carbocycles. The van der Waals surface area contributed by atoms with Crippen LogP contribution in [0.5, 0.6) is 0 Å². The predicted molar refractivity (Wildman–Crippen MR) is 31.1 cm³/mol. The number of halogens is 4. The van der Waals surface area contributed by atoms with Crippen LogP contribution in [0.2, 0.25) is 0 Å². The molecule has 0 spiro atoms. The van der Waals surface area contributed by atoms with Crippen LogP contribution in [0.1, 0.15) is 13.8 Å². The van der Waals surface area contributed by atoms with Crippen molar-refractivity contribution in [3.05, 3.63) is 0 Å². The van der Waals surface area contributed by atoms with Gasteiger partial charge in [0, 0.05) is 6.92 Å². The quantitative estimate of drug-likeness (QED) is 0.524. The van der Waals surface area contributed by atoms with Gasteiger partial charge in [-0.1, -0.05) is 0 Å². The summed E-state index contributed by atoms with van der Waals surface area (Å²) < 4.78 is 53.7. The van der Waals surface area contributed by atoms with Crippen molar-refractivity contribution in [3.8, 4) is 0 Å². The fourth-order valence-electron chi connectivity index (χ4n) is 0.879. The third-order valence-corrected chi connectivity index (χ3v) is 1.85. The molecule has 1 aliphatic heterocycles. The van der Waals surface area contributed by atoms with Crippen LogP contribution in [0.3, 0.4) is 0 Å². The maximum absolute atomic E-state index is 12.6. The molecule has 1 rings (SSSR count). The summed E-state index contributed by atoms with van der Waals surface area (Å²) in [5.74, 6) is -11.8. The van der Waals surface area contributed by atoms with Gasteiger partial charge in [0.25, 0.3) is 5.79 Å². The number of epoxide rings is 1. The minimum Gasteiger partial charge on any atom is -0.359 e. The summed E-state index contributed by atoms with van der Waals surface area (Å²) in [4.78, 5) is 0. The molecule has 2 unspecified atom stereocenters. The monoisotopic (exact) mass is 188 g/mol. The lowest BCUT2D eigenvalue weighted by molar-refractivity contribution is -0.280. The van der Waals surface area contributed by atoms with Gasteiger partial charge in [-0.05, 0) is 6.92 Å². The molecule has 0 saturated carbocycles. The lowest BCUT2D eigenvalue weighted by atomic mass is 10.1. The van der Waals surface area contributed by atoms with Gasteiger partial charge in [0.05, 0.1) is 0 Å². The van der Waals surface area contributed by atoms with Gasteiger partial charge in [0.15, 0.2) is 0 Å². The van der Waals surface area contributed by atoms with E-state index in [1.807, 2.05) is 0 Å². The van der Waals surface area contributed by atoms with Crippen molar-refractivity contribution in [2.75, 3.05) is 0 Å². The Morgan fingerprint density at radius 1 is 1.33 bits per heavy atom. The molecule has 1 fully saturated rings. The Balaban J connectivity index is 2.87. The van der Waals surface area contributed by atoms with Crippen molar-refractivity contribution in [2.24, 2.45) is 0 Å². The molecule has 0 aromatic rings. The van der Waals surface area contributed by atoms with Crippen LogP contribution in [0.25, 0.3) is 0 Å². The zero-order valence-electron chi connectivity index (χ0n) is 6.44. The van der Waals surface area contributed by atoms with Gasteiger partial charge in [0.2, 0.25) is 0 Å². The van der Waals surface area contributed by atoms with E-state index in [-0.39, 0.29) is 6.92 Å². The standard InChI is InChI=1S/C6H8F4O2/c1-3-5(11,12-3)6(9,10)4(2,7)8/h3,11H,1-2H3. The average Bonchev–Trinajstić information content (AvgIpc) is 2.39. The SMILES string of the molecule is CC1OC1(O)C(F)(F)C(C)(F)F. The Morgan fingerprint density at radius 3 is 1.75 bits per heavy atom. The first-order valence-corrected chi connectivity index (χ1v) is 3.29. The topological polar surface area (TPSA) is 32.8 Å². The summed E-state index contributed by atoms with van der Waals surface area (Å²) in [7, 11) is 0. The predicted octanol–water partition coefficient (Wildman–Crippen LogP) is 1.38. The van der Waals surface area contributed by atoms with E-state index >= 15 is 0 Å². The van der Waals surface area contributed by atoms with Crippen LogP contribution in [0.15, 0.2) is 0 Å². The van der Waals surface area contributed by atoms with Crippen LogP contribution in [-0.4, -0.2) is 28.8 Å². The smallest absolute Gasteiger partial charge is 0.359 e. The number of hydrogen-bond donors (Lipinski definition) is 1. The summed E-state index contributed by atoms with van der Waals surface area (Å²) in [6, 6.07) is 0. The van der Waals surface area contributed by atoms with E-state index in [1.54, 1.807) is 0 Å². The fraction of sp³-hybridized carbons (Fsp3) is 1.00. The minimum atomic E-state index is -4.54. The molecule has 1 N–H and O–H groups in total. The van der Waals surface area contributed by atoms with Crippen molar-refractivity contribution < 1.29 is 27.4 Å². The molecule has 0 bridgehead atoms. The Bertz CT molecular complexity index is 200. The van der Waals surface area contributed by atoms with Gasteiger partial charge < -0.3 is 9.84 Å². The lowest BCUT2D eigenvalue weighted by Crippen LogP contribution is -2.51. The number of ether oxygens (including phenoxy) is 1. The van der Waals surface area contributed by atoms with Crippen molar-refractivity contribution in [1.29, 1.82) is 0 Å². The maximum Gasteiger partial charge on any atom is 0.364 e. The molecule has 0 amide bonds. The van der Waals surface area contributed by atoms with Gasteiger partial charge >= 0.3 is 11.8 Å². The molecular weight excluding hydrogens is 180 g/mol. The van der Waals surface area contributed by atoms with E-state index in [1.165, 1.54) is 0 Å². The first kappa shape index (κ1) is 9.73. The maximum atomic E-state index is 12.6. The van der Waals surface area contributed by atoms with E-state index in [2.05, 4.69) is 4.74 Å². The minimum absolute atomic E-state index is 0.0410. The third kappa shape index (κ3) is 1.01. The number of aliphatic hydroxyl groups is 1. The largest absolute Gasteiger partial charge is 0.364 e. The summed E-state index contributed by atoms with van der Waals surface area (Å²) in [6.45, 7) is 1.14. The van der Waals surface area contributed by atoms with Crippen LogP contribution >= 0.6 is 0 Å². The first-order chi connectivity index (χ1) is 5.13. The fourth-order valence-corrected chi connectivity index (χ4v) is 0.879. The van der Waals surface area contributed by atoms with Gasteiger partial charge in [-0.3, -0.25) is 0 Å². The van der Waals surface area contributed by atoms with E-state index < -0.39 is 23.7 Å². The number of hydrogen-bond acceptors (Lipinski definition) is 2. The van der Waals surface area contributed by atoms with Gasteiger partial charge in [-0.15, -0.1) is 0 Å². The molecule has 12 heavy (non-hydrogen) atoms. The second-order valence-electron chi connectivity index (χ2n) is 2.92. The molecule has 0 aromatic heterocycles. The molecule has 72 valence electrons. The lowest BCUT2D eigenvalue weighted by Gasteiger charge is -2.25. The van der Waals surface area contributed by atoms with Crippen LogP contribution < -0.4 is 0 Å². The zero-order chi connectivity index (χ0) is 9.78. The first-order valence-electron chi connectivity index (χ1n) is 3.29. The average molecular weight is 188 g/mol. The highest BCUT2D eigenvalue weighted by molar-refractivity contribution is 5.06. The molecular formula is C6H8F4O2. The Kier molecular flexibility index (Phi) is 1.71. The zero-order valence-corrected chi connectivity index (χ0v) is 6.44. The summed E-state index contributed by atoms with van der Waals surface area (Å²) >= 11 is 0. The number of rotatable bonds is 2. The molecule has 2 nitrogen and oxygen atoms in total. The molecule has 0 aliphatic carbocycles. The summed E-state index contributed by atoms with van der Waals surface area (Å²) in [6.07, 6.45) is -1.25. The Hall–Kier alpha value is -0.360. The van der Waals surface area contributed by atoms with Crippen molar-refractivity contribution in [2.45, 2.75) is 37.6 Å². The molecule has 1 saturated heterocycles. The summed E-state index contributed by atoms with van der Waals surface area (Å²) in [5, 5.41) is 8.81. The van der Waals surface area contributed by atoms with Gasteiger partial charge in [-0.2, -0.15) is 17.6 Å². The second kappa shape index (κ2) is 2.11. The highest BCUT2D eigenvalue weighted by Crippen LogP contribution is 2.52. The normalized spacial score (nSPS) is 36.8. The summed E-state index contributed by atoms with van der Waals surface area (Å²) in [5.41, 5.74) is 0.